The van der Waals surface area contributed by atoms with E-state index in [2.05, 4.69) is 25.1 Å². The molecule has 3 fully saturated rings. The number of hydrogen-bond acceptors (Lipinski definition) is 6. The van der Waals surface area contributed by atoms with Crippen molar-refractivity contribution >= 4 is 22.6 Å². The number of benzene rings is 1. The number of aromatic nitrogens is 2. The largest absolute Gasteiger partial charge is 0.418 e. The molecule has 33 heavy (non-hydrogen) atoms. The lowest BCUT2D eigenvalue weighted by Gasteiger charge is -2.40. The third-order valence-electron chi connectivity index (χ3n) is 6.86. The number of nitrogens with one attached hydrogen (secondary N) is 1. The summed E-state index contributed by atoms with van der Waals surface area (Å²) in [4.78, 5) is 25.2. The molecule has 1 saturated carbocycles. The van der Waals surface area contributed by atoms with Gasteiger partial charge in [0.25, 0.3) is 0 Å². The van der Waals surface area contributed by atoms with E-state index in [1.165, 1.54) is 31.3 Å². The SMILES string of the molecule is O=C(CN1CCOCC1)N[C@H]1C[C@@H](C2CC2)CN(c2ccc(C(F)(F)F)c3nccnc23)C1. The van der Waals surface area contributed by atoms with Gasteiger partial charge in [0.1, 0.15) is 11.0 Å². The first-order valence-corrected chi connectivity index (χ1v) is 11.5. The minimum Gasteiger partial charge on any atom is -0.379 e. The average Bonchev–Trinajstić information content (AvgIpc) is 3.63. The summed E-state index contributed by atoms with van der Waals surface area (Å²) in [6, 6.07) is 2.53. The molecule has 10 heteroatoms. The number of piperidine rings is 1. The zero-order valence-electron chi connectivity index (χ0n) is 18.4. The second-order valence-electron chi connectivity index (χ2n) is 9.27. The summed E-state index contributed by atoms with van der Waals surface area (Å²) in [6.07, 6.45) is 1.44. The van der Waals surface area contributed by atoms with E-state index in [0.717, 1.165) is 32.1 Å². The van der Waals surface area contributed by atoms with Gasteiger partial charge in [-0.2, -0.15) is 13.2 Å². The molecular formula is C23H28F3N5O2. The number of hydrogen-bond donors (Lipinski definition) is 1. The monoisotopic (exact) mass is 463 g/mol. The van der Waals surface area contributed by atoms with Gasteiger partial charge in [0, 0.05) is 44.6 Å². The first kappa shape index (κ1) is 22.3. The van der Waals surface area contributed by atoms with Gasteiger partial charge in [-0.15, -0.1) is 0 Å². The summed E-state index contributed by atoms with van der Waals surface area (Å²) < 4.78 is 45.9. The maximum atomic E-state index is 13.5. The molecule has 1 aromatic carbocycles. The number of carbonyl (C=O) groups is 1. The first-order chi connectivity index (χ1) is 15.9. The van der Waals surface area contributed by atoms with E-state index in [-0.39, 0.29) is 23.0 Å². The summed E-state index contributed by atoms with van der Waals surface area (Å²) in [5.74, 6) is 0.982. The Morgan fingerprint density at radius 2 is 1.79 bits per heavy atom. The third kappa shape index (κ3) is 5.06. The van der Waals surface area contributed by atoms with Crippen molar-refractivity contribution in [3.63, 3.8) is 0 Å². The molecule has 178 valence electrons. The van der Waals surface area contributed by atoms with Crippen LogP contribution in [0.3, 0.4) is 0 Å². The van der Waals surface area contributed by atoms with Crippen molar-refractivity contribution in [2.24, 2.45) is 11.8 Å². The van der Waals surface area contributed by atoms with Crippen molar-refractivity contribution < 1.29 is 22.7 Å². The second kappa shape index (κ2) is 9.06. The zero-order chi connectivity index (χ0) is 23.0. The Morgan fingerprint density at radius 1 is 1.06 bits per heavy atom. The molecule has 0 unspecified atom stereocenters. The highest BCUT2D eigenvalue weighted by Gasteiger charge is 2.39. The maximum absolute atomic E-state index is 13.5. The molecule has 1 aliphatic carbocycles. The van der Waals surface area contributed by atoms with E-state index in [0.29, 0.717) is 43.8 Å². The van der Waals surface area contributed by atoms with E-state index in [1.807, 2.05) is 0 Å². The van der Waals surface area contributed by atoms with E-state index < -0.39 is 11.7 Å². The molecule has 0 radical (unpaired) electrons. The lowest BCUT2D eigenvalue weighted by atomic mass is 9.89. The Kier molecular flexibility index (Phi) is 6.13. The molecule has 1 N–H and O–H groups in total. The standard InChI is InChI=1S/C23H28F3N5O2/c24-23(25,26)18-3-4-19(22-21(18)27-5-6-28-22)31-12-16(15-1-2-15)11-17(13-31)29-20(32)14-30-7-9-33-10-8-30/h3-6,15-17H,1-2,7-14H2,(H,29,32)/t16-,17+/m1/s1. The molecule has 5 rings (SSSR count). The fourth-order valence-electron chi connectivity index (χ4n) is 5.11. The second-order valence-corrected chi connectivity index (χ2v) is 9.27. The molecule has 1 amide bonds. The van der Waals surface area contributed by atoms with E-state index >= 15 is 0 Å². The molecule has 0 bridgehead atoms. The summed E-state index contributed by atoms with van der Waals surface area (Å²) in [5.41, 5.74) is -0.0181. The number of anilines is 1. The molecule has 2 atom stereocenters. The van der Waals surface area contributed by atoms with Crippen molar-refractivity contribution in [3.8, 4) is 0 Å². The predicted molar refractivity (Wildman–Crippen MR) is 117 cm³/mol. The van der Waals surface area contributed by atoms with Crippen molar-refractivity contribution in [3.05, 3.63) is 30.1 Å². The third-order valence-corrected chi connectivity index (χ3v) is 6.86. The van der Waals surface area contributed by atoms with E-state index in [1.54, 1.807) is 0 Å². The Balaban J connectivity index is 1.37. The maximum Gasteiger partial charge on any atom is 0.418 e. The average molecular weight is 464 g/mol. The highest BCUT2D eigenvalue weighted by Crippen LogP contribution is 2.43. The number of amides is 1. The lowest BCUT2D eigenvalue weighted by molar-refractivity contribution is -0.136. The topological polar surface area (TPSA) is 70.6 Å². The number of carbonyl (C=O) groups excluding carboxylic acids is 1. The van der Waals surface area contributed by atoms with E-state index in [9.17, 15) is 18.0 Å². The first-order valence-electron chi connectivity index (χ1n) is 11.5. The van der Waals surface area contributed by atoms with Gasteiger partial charge in [-0.1, -0.05) is 0 Å². The fraction of sp³-hybridized carbons (Fsp3) is 0.609. The Labute approximate surface area is 190 Å². The Hall–Kier alpha value is -2.46. The predicted octanol–water partition coefficient (Wildman–Crippen LogP) is 2.70. The molecule has 1 aromatic heterocycles. The summed E-state index contributed by atoms with van der Waals surface area (Å²) in [7, 11) is 0. The number of alkyl halides is 3. The van der Waals surface area contributed by atoms with Crippen molar-refractivity contribution in [1.29, 1.82) is 0 Å². The van der Waals surface area contributed by atoms with Gasteiger partial charge in [0.2, 0.25) is 5.91 Å². The van der Waals surface area contributed by atoms with Crippen LogP contribution in [-0.2, 0) is 15.7 Å². The minimum atomic E-state index is -4.50. The molecule has 2 saturated heterocycles. The van der Waals surface area contributed by atoms with Gasteiger partial charge < -0.3 is 15.0 Å². The normalized spacial score (nSPS) is 24.8. The number of nitrogens with zero attached hydrogens (tertiary/aromatic N) is 4. The van der Waals surface area contributed by atoms with Gasteiger partial charge in [0.15, 0.2) is 0 Å². The lowest BCUT2D eigenvalue weighted by Crippen LogP contribution is -2.53. The number of halogens is 3. The van der Waals surface area contributed by atoms with Gasteiger partial charge in [-0.3, -0.25) is 19.7 Å². The number of rotatable bonds is 5. The van der Waals surface area contributed by atoms with Crippen LogP contribution in [0.5, 0.6) is 0 Å². The molecular weight excluding hydrogens is 435 g/mol. The number of ether oxygens (including phenoxy) is 1. The Morgan fingerprint density at radius 3 is 2.48 bits per heavy atom. The summed E-state index contributed by atoms with van der Waals surface area (Å²) in [6.45, 7) is 4.37. The van der Waals surface area contributed by atoms with Crippen molar-refractivity contribution in [1.82, 2.24) is 20.2 Å². The molecule has 0 spiro atoms. The van der Waals surface area contributed by atoms with Crippen LogP contribution in [0.15, 0.2) is 24.5 Å². The van der Waals surface area contributed by atoms with Gasteiger partial charge >= 0.3 is 6.18 Å². The van der Waals surface area contributed by atoms with Crippen LogP contribution in [0.4, 0.5) is 18.9 Å². The van der Waals surface area contributed by atoms with Crippen LogP contribution in [0, 0.1) is 11.8 Å². The van der Waals surface area contributed by atoms with Crippen LogP contribution in [0.25, 0.3) is 11.0 Å². The van der Waals surface area contributed by atoms with E-state index in [4.69, 9.17) is 4.74 Å². The van der Waals surface area contributed by atoms with Crippen LogP contribution in [0.1, 0.15) is 24.8 Å². The van der Waals surface area contributed by atoms with Gasteiger partial charge in [-0.25, -0.2) is 0 Å². The smallest absolute Gasteiger partial charge is 0.379 e. The minimum absolute atomic E-state index is 0.0182. The van der Waals surface area contributed by atoms with Gasteiger partial charge in [0.05, 0.1) is 31.0 Å². The zero-order valence-corrected chi connectivity index (χ0v) is 18.4. The van der Waals surface area contributed by atoms with Crippen molar-refractivity contribution in [2.75, 3.05) is 50.8 Å². The molecule has 3 aliphatic rings. The summed E-state index contributed by atoms with van der Waals surface area (Å²) in [5, 5.41) is 3.18. The molecule has 3 heterocycles. The van der Waals surface area contributed by atoms with Gasteiger partial charge in [-0.05, 0) is 43.2 Å². The van der Waals surface area contributed by atoms with Crippen LogP contribution >= 0.6 is 0 Å². The molecule has 2 aromatic rings. The van der Waals surface area contributed by atoms with Crippen molar-refractivity contribution in [2.45, 2.75) is 31.5 Å². The van der Waals surface area contributed by atoms with Crippen LogP contribution < -0.4 is 10.2 Å². The van der Waals surface area contributed by atoms with Crippen LogP contribution in [0.2, 0.25) is 0 Å². The highest BCUT2D eigenvalue weighted by atomic mass is 19.4. The molecule has 2 aliphatic heterocycles. The number of fused-ring (bicyclic) bond motifs is 1. The highest BCUT2D eigenvalue weighted by molar-refractivity contribution is 5.91. The quantitative estimate of drug-likeness (QED) is 0.736. The fourth-order valence-corrected chi connectivity index (χ4v) is 5.11. The number of morpholine rings is 1. The Bertz CT molecular complexity index is 1010. The summed E-state index contributed by atoms with van der Waals surface area (Å²) >= 11 is 0. The van der Waals surface area contributed by atoms with Crippen LogP contribution in [-0.4, -0.2) is 72.8 Å². The molecule has 7 nitrogen and oxygen atoms in total.